The standard InChI is InChI=1S/C72H80N6O14/c1-11-37-41-25-43-38(12-2)44-27-46-40(14-4)48-28-47-39(13-3)45-26-42(37)56(80)34-59(45)89-63-29-51(75-69(83)17-7)52(76-70(84)18-8)30-64(63)91-61(47)36-62(48)92-66-32-54(78-72(86)20-10)53(77-71(85)19-9)31-65(66)90-60(46)35-58(44)88-24-22-50(74-68(82)16-6)49(73-67(81)15-5)21-23-87-57(43)33-55(41)79/h21-22,25-40,79-80H,11-20,23-24H2,1-10H3,(H,73,81)(H,74,82)(H,75,83)(H,76,84)(H,77,85)(H,78,86)/b49-21+,50-22+/t37-,38+,39-,40+/m0/s1. The molecule has 6 aromatic rings. The van der Waals surface area contributed by atoms with Gasteiger partial charge in [0.15, 0.2) is 23.0 Å². The van der Waals surface area contributed by atoms with Crippen molar-refractivity contribution in [1.29, 1.82) is 0 Å². The Hall–Kier alpha value is -9.98. The van der Waals surface area contributed by atoms with E-state index in [-0.39, 0.29) is 162 Å². The molecule has 0 unspecified atom stereocenters. The minimum atomic E-state index is -0.650. The van der Waals surface area contributed by atoms with E-state index in [1.54, 1.807) is 96.2 Å². The van der Waals surface area contributed by atoms with Crippen LogP contribution in [0.15, 0.2) is 96.3 Å². The number of amides is 6. The van der Waals surface area contributed by atoms with Gasteiger partial charge in [-0.15, -0.1) is 0 Å². The van der Waals surface area contributed by atoms with E-state index >= 15 is 0 Å². The number of nitrogens with one attached hydrogen (secondary N) is 6. The van der Waals surface area contributed by atoms with E-state index in [2.05, 4.69) is 51.0 Å². The monoisotopic (exact) mass is 1250 g/mol. The van der Waals surface area contributed by atoms with Crippen LogP contribution >= 0.6 is 0 Å². The summed E-state index contributed by atoms with van der Waals surface area (Å²) in [6.45, 7) is 18.2. The lowest BCUT2D eigenvalue weighted by molar-refractivity contribution is -0.121. The van der Waals surface area contributed by atoms with Crippen molar-refractivity contribution in [3.05, 3.63) is 141 Å². The van der Waals surface area contributed by atoms with Crippen LogP contribution in [0, 0.1) is 0 Å². The van der Waals surface area contributed by atoms with Gasteiger partial charge in [-0.05, 0) is 62.1 Å². The molecule has 1 aliphatic carbocycles. The van der Waals surface area contributed by atoms with E-state index in [1.807, 2.05) is 39.0 Å². The molecule has 0 saturated carbocycles. The number of anilines is 4. The maximum absolute atomic E-state index is 13.4. The number of carbonyl (C=O) groups is 6. The van der Waals surface area contributed by atoms with Crippen molar-refractivity contribution < 1.29 is 67.4 Å². The average molecular weight is 1250 g/mol. The van der Waals surface area contributed by atoms with Crippen LogP contribution in [0.5, 0.6) is 69.0 Å². The molecule has 8 bridgehead atoms. The maximum atomic E-state index is 13.4. The van der Waals surface area contributed by atoms with Gasteiger partial charge in [-0.2, -0.15) is 0 Å². The van der Waals surface area contributed by atoms with Gasteiger partial charge in [0.2, 0.25) is 35.4 Å². The number of aromatic hydroxyl groups is 2. The molecule has 92 heavy (non-hydrogen) atoms. The number of carbonyl (C=O) groups excluding carboxylic acids is 6. The number of fused-ring (bicyclic) bond motifs is 4. The average Bonchev–Trinajstić information content (AvgIpc) is 1.42. The molecule has 0 aromatic heterocycles. The summed E-state index contributed by atoms with van der Waals surface area (Å²) in [5.41, 5.74) is 6.55. The van der Waals surface area contributed by atoms with Crippen molar-refractivity contribution in [2.75, 3.05) is 34.5 Å². The van der Waals surface area contributed by atoms with Gasteiger partial charge < -0.3 is 70.5 Å². The second-order valence-electron chi connectivity index (χ2n) is 23.0. The third-order valence-corrected chi connectivity index (χ3v) is 17.2. The molecule has 6 aromatic carbocycles. The Morgan fingerprint density at radius 3 is 0.859 bits per heavy atom. The summed E-state index contributed by atoms with van der Waals surface area (Å²) in [4.78, 5) is 79.8. The van der Waals surface area contributed by atoms with Crippen LogP contribution in [0.25, 0.3) is 0 Å². The van der Waals surface area contributed by atoms with Crippen LogP contribution in [0.3, 0.4) is 0 Å². The Balaban J connectivity index is 1.36. The first-order chi connectivity index (χ1) is 44.4. The zero-order valence-corrected chi connectivity index (χ0v) is 53.7. The molecule has 482 valence electrons. The van der Waals surface area contributed by atoms with Crippen molar-refractivity contribution in [3.8, 4) is 69.0 Å². The highest BCUT2D eigenvalue weighted by Crippen LogP contribution is 2.57. The molecule has 0 saturated heterocycles. The molecule has 4 aliphatic rings. The van der Waals surface area contributed by atoms with Gasteiger partial charge in [-0.3, -0.25) is 28.8 Å². The highest BCUT2D eigenvalue weighted by molar-refractivity contribution is 6.01. The van der Waals surface area contributed by atoms with E-state index in [9.17, 15) is 39.0 Å². The molecular weight excluding hydrogens is 1170 g/mol. The molecule has 20 heteroatoms. The zero-order chi connectivity index (χ0) is 65.7. The Labute approximate surface area is 535 Å². The molecule has 4 atom stereocenters. The maximum Gasteiger partial charge on any atom is 0.224 e. The molecule has 3 heterocycles. The lowest BCUT2D eigenvalue weighted by atomic mass is 9.77. The summed E-state index contributed by atoms with van der Waals surface area (Å²) in [6.07, 6.45) is 5.85. The molecule has 8 N–H and O–H groups in total. The van der Waals surface area contributed by atoms with Crippen molar-refractivity contribution in [2.24, 2.45) is 0 Å². The highest BCUT2D eigenvalue weighted by Gasteiger charge is 2.37. The van der Waals surface area contributed by atoms with Crippen molar-refractivity contribution in [3.63, 3.8) is 0 Å². The van der Waals surface area contributed by atoms with E-state index in [0.717, 1.165) is 0 Å². The van der Waals surface area contributed by atoms with Gasteiger partial charge in [-0.1, -0.05) is 69.2 Å². The Bertz CT molecular complexity index is 4000. The summed E-state index contributed by atoms with van der Waals surface area (Å²) in [6, 6.07) is 21.1. The summed E-state index contributed by atoms with van der Waals surface area (Å²) in [7, 11) is 0. The normalized spacial score (nSPS) is 17.8. The number of phenols is 2. The smallest absolute Gasteiger partial charge is 0.224 e. The number of hydrogen-bond donors (Lipinski definition) is 8. The van der Waals surface area contributed by atoms with E-state index < -0.39 is 23.7 Å². The van der Waals surface area contributed by atoms with Crippen LogP contribution in [-0.4, -0.2) is 58.9 Å². The number of ether oxygens (including phenoxy) is 6. The summed E-state index contributed by atoms with van der Waals surface area (Å²) < 4.78 is 42.4. The molecule has 10 rings (SSSR count). The van der Waals surface area contributed by atoms with E-state index in [0.29, 0.717) is 98.9 Å². The van der Waals surface area contributed by atoms with Crippen LogP contribution in [0.4, 0.5) is 22.7 Å². The van der Waals surface area contributed by atoms with Gasteiger partial charge in [0.05, 0.1) is 34.1 Å². The predicted molar refractivity (Wildman–Crippen MR) is 351 cm³/mol. The van der Waals surface area contributed by atoms with Crippen LogP contribution in [-0.2, 0) is 28.8 Å². The molecule has 0 radical (unpaired) electrons. The van der Waals surface area contributed by atoms with Gasteiger partial charge in [-0.25, -0.2) is 0 Å². The molecule has 20 nitrogen and oxygen atoms in total. The molecule has 0 fully saturated rings. The zero-order valence-electron chi connectivity index (χ0n) is 53.7. The first-order valence-electron chi connectivity index (χ1n) is 32.0. The third kappa shape index (κ3) is 13.3. The molecule has 3 aliphatic heterocycles. The Morgan fingerprint density at radius 2 is 0.554 bits per heavy atom. The SMILES string of the molecule is CCC(=O)NC1=C/COc2cc(O)c3cc2[C@@H](CC)c2cc4c(cc2OC/C=C\1NC(=O)CC)Oc1cc(NC(=O)CC)c(NC(=O)CC)cc1Oc1cc2c(cc1[C@@H]4CC)[C@@H](CC)c1cc(c(O)cc1Oc1cc(NC(=O)CC)c(NC(=O)CC)cc1O2)[C@H]3CC. The minimum Gasteiger partial charge on any atom is -0.508 e. The van der Waals surface area contributed by atoms with Crippen LogP contribution in [0.1, 0.15) is 202 Å². The number of phenolic OH excluding ortho intramolecular Hbond substituents is 2. The van der Waals surface area contributed by atoms with Gasteiger partial charge in [0.1, 0.15) is 59.2 Å². The first-order valence-corrected chi connectivity index (χ1v) is 32.0. The van der Waals surface area contributed by atoms with Crippen molar-refractivity contribution >= 4 is 58.2 Å². The number of rotatable bonds is 16. The Morgan fingerprint density at radius 1 is 0.315 bits per heavy atom. The van der Waals surface area contributed by atoms with Crippen molar-refractivity contribution in [1.82, 2.24) is 10.6 Å². The Kier molecular flexibility index (Phi) is 19.8. The number of benzene rings is 6. The molecule has 0 spiro atoms. The van der Waals surface area contributed by atoms with Crippen molar-refractivity contribution in [2.45, 2.75) is 157 Å². The lowest BCUT2D eigenvalue weighted by Crippen LogP contribution is -2.31. The van der Waals surface area contributed by atoms with Gasteiger partial charge >= 0.3 is 0 Å². The van der Waals surface area contributed by atoms with Crippen LogP contribution < -0.4 is 60.3 Å². The topological polar surface area (TPSA) is 270 Å². The minimum absolute atomic E-state index is 0.116. The van der Waals surface area contributed by atoms with E-state index in [1.165, 1.54) is 0 Å². The number of hydrogen-bond acceptors (Lipinski definition) is 14. The second kappa shape index (κ2) is 28.0. The lowest BCUT2D eigenvalue weighted by Gasteiger charge is -2.29. The summed E-state index contributed by atoms with van der Waals surface area (Å²) in [5.74, 6) is -2.05. The fraction of sp³-hybridized carbons (Fsp3) is 0.361. The fourth-order valence-corrected chi connectivity index (χ4v) is 12.3. The van der Waals surface area contributed by atoms with E-state index in [4.69, 9.17) is 28.4 Å². The fourth-order valence-electron chi connectivity index (χ4n) is 12.3. The largest absolute Gasteiger partial charge is 0.508 e. The summed E-state index contributed by atoms with van der Waals surface area (Å²) in [5, 5.41) is 42.8. The highest BCUT2D eigenvalue weighted by atomic mass is 16.5. The van der Waals surface area contributed by atoms with Gasteiger partial charge in [0, 0.05) is 155 Å². The molecular formula is C72H80N6O14. The summed E-state index contributed by atoms with van der Waals surface area (Å²) >= 11 is 0. The predicted octanol–water partition coefficient (Wildman–Crippen LogP) is 15.4. The molecule has 6 amide bonds. The quantitative estimate of drug-likeness (QED) is 0.0448. The van der Waals surface area contributed by atoms with Gasteiger partial charge in [0.25, 0.3) is 0 Å². The second-order valence-corrected chi connectivity index (χ2v) is 23.0. The first kappa shape index (κ1) is 65.0. The van der Waals surface area contributed by atoms with Crippen LogP contribution in [0.2, 0.25) is 0 Å². The third-order valence-electron chi connectivity index (χ3n) is 17.2.